The molecule has 0 aromatic heterocycles. The lowest BCUT2D eigenvalue weighted by Gasteiger charge is -2.06. The maximum absolute atomic E-state index is 11.4. The minimum atomic E-state index is -4.31. The smallest absolute Gasteiger partial charge is 0.423 e. The predicted octanol–water partition coefficient (Wildman–Crippen LogP) is 0.891. The molecule has 0 spiro atoms. The van der Waals surface area contributed by atoms with E-state index in [4.69, 9.17) is 5.11 Å². The van der Waals surface area contributed by atoms with E-state index in [0.717, 1.165) is 0 Å². The Labute approximate surface area is 107 Å². The lowest BCUT2D eigenvalue weighted by Crippen LogP contribution is -2.30. The number of carboxylic acid groups (broad SMARTS) is 1. The average Bonchev–Trinajstić information content (AvgIpc) is 2.65. The first kappa shape index (κ1) is 13.2. The third kappa shape index (κ3) is 2.48. The van der Waals surface area contributed by atoms with Crippen molar-refractivity contribution >= 4 is 22.1 Å². The van der Waals surface area contributed by atoms with Crippen LogP contribution in [-0.2, 0) is 14.5 Å². The topological polar surface area (TPSA) is 127 Å². The Morgan fingerprint density at radius 1 is 1.42 bits per heavy atom. The molecule has 1 aliphatic rings. The standard InChI is InChI=1S/C9H8N2O7S/c12-9(13)10-5-8(18-19(10,16)17)6-1-3-7(4-2-6)11(14)15/h1-4,8H,5H2,(H,12,13). The van der Waals surface area contributed by atoms with Gasteiger partial charge in [-0.3, -0.25) is 10.1 Å². The van der Waals surface area contributed by atoms with Crippen LogP contribution in [0.4, 0.5) is 10.5 Å². The summed E-state index contributed by atoms with van der Waals surface area (Å²) in [6, 6.07) is 5.02. The van der Waals surface area contributed by atoms with Crippen LogP contribution in [-0.4, -0.2) is 35.4 Å². The Bertz CT molecular complexity index is 624. The van der Waals surface area contributed by atoms with Gasteiger partial charge in [0.2, 0.25) is 0 Å². The van der Waals surface area contributed by atoms with E-state index in [1.807, 2.05) is 0 Å². The second-order valence-corrected chi connectivity index (χ2v) is 5.19. The summed E-state index contributed by atoms with van der Waals surface area (Å²) in [6.45, 7) is -0.379. The highest BCUT2D eigenvalue weighted by Crippen LogP contribution is 2.30. The molecular weight excluding hydrogens is 280 g/mol. The third-order valence-electron chi connectivity index (χ3n) is 2.53. The van der Waals surface area contributed by atoms with Crippen LogP contribution < -0.4 is 0 Å². The van der Waals surface area contributed by atoms with Crippen LogP contribution in [0.1, 0.15) is 11.7 Å². The third-order valence-corrected chi connectivity index (χ3v) is 3.85. The minimum Gasteiger partial charge on any atom is -0.464 e. The first-order valence-electron chi connectivity index (χ1n) is 4.99. The predicted molar refractivity (Wildman–Crippen MR) is 60.6 cm³/mol. The number of carbonyl (C=O) groups is 1. The summed E-state index contributed by atoms with van der Waals surface area (Å²) >= 11 is 0. The van der Waals surface area contributed by atoms with Gasteiger partial charge in [0, 0.05) is 12.1 Å². The molecule has 0 saturated carbocycles. The van der Waals surface area contributed by atoms with Gasteiger partial charge in [0.05, 0.1) is 11.5 Å². The quantitative estimate of drug-likeness (QED) is 0.632. The molecule has 1 aliphatic heterocycles. The highest BCUT2D eigenvalue weighted by atomic mass is 32.2. The Balaban J connectivity index is 2.25. The molecule has 1 aromatic carbocycles. The van der Waals surface area contributed by atoms with Gasteiger partial charge in [-0.05, 0) is 17.7 Å². The second-order valence-electron chi connectivity index (χ2n) is 3.70. The van der Waals surface area contributed by atoms with Gasteiger partial charge in [0.25, 0.3) is 5.69 Å². The van der Waals surface area contributed by atoms with Crippen molar-refractivity contribution < 1.29 is 27.4 Å². The molecule has 10 heteroatoms. The molecule has 9 nitrogen and oxygen atoms in total. The molecule has 1 unspecified atom stereocenters. The molecule has 1 N–H and O–H groups in total. The molecule has 102 valence electrons. The van der Waals surface area contributed by atoms with Gasteiger partial charge in [0.1, 0.15) is 6.10 Å². The van der Waals surface area contributed by atoms with E-state index in [1.165, 1.54) is 24.3 Å². The van der Waals surface area contributed by atoms with Gasteiger partial charge in [-0.1, -0.05) is 0 Å². The molecule has 1 amide bonds. The Morgan fingerprint density at radius 3 is 2.42 bits per heavy atom. The zero-order valence-electron chi connectivity index (χ0n) is 9.29. The summed E-state index contributed by atoms with van der Waals surface area (Å²) < 4.78 is 27.6. The van der Waals surface area contributed by atoms with Gasteiger partial charge in [-0.15, -0.1) is 0 Å². The maximum Gasteiger partial charge on any atom is 0.423 e. The molecule has 1 heterocycles. The lowest BCUT2D eigenvalue weighted by atomic mass is 10.1. The SMILES string of the molecule is O=C(O)N1CC(c2ccc([N+](=O)[O-])cc2)OS1(=O)=O. The van der Waals surface area contributed by atoms with Gasteiger partial charge in [-0.25, -0.2) is 8.98 Å². The number of non-ortho nitro benzene ring substituents is 1. The largest absolute Gasteiger partial charge is 0.464 e. The summed E-state index contributed by atoms with van der Waals surface area (Å²) in [5.74, 6) is 0. The zero-order chi connectivity index (χ0) is 14.2. The lowest BCUT2D eigenvalue weighted by molar-refractivity contribution is -0.384. The van der Waals surface area contributed by atoms with Crippen molar-refractivity contribution in [3.8, 4) is 0 Å². The number of hydrogen-bond donors (Lipinski definition) is 1. The number of rotatable bonds is 2. The highest BCUT2D eigenvalue weighted by molar-refractivity contribution is 7.85. The van der Waals surface area contributed by atoms with Crippen LogP contribution in [0.25, 0.3) is 0 Å². The van der Waals surface area contributed by atoms with Crippen molar-refractivity contribution in [1.29, 1.82) is 0 Å². The molecule has 1 fully saturated rings. The normalized spacial score (nSPS) is 21.3. The molecule has 1 atom stereocenters. The van der Waals surface area contributed by atoms with Crippen molar-refractivity contribution in [2.45, 2.75) is 6.10 Å². The number of nitro groups is 1. The fraction of sp³-hybridized carbons (Fsp3) is 0.222. The molecule has 0 aliphatic carbocycles. The summed E-state index contributed by atoms with van der Waals surface area (Å²) in [7, 11) is -4.31. The van der Waals surface area contributed by atoms with Crippen LogP contribution in [0, 0.1) is 10.1 Å². The molecule has 1 saturated heterocycles. The van der Waals surface area contributed by atoms with Crippen molar-refractivity contribution in [2.24, 2.45) is 0 Å². The summed E-state index contributed by atoms with van der Waals surface area (Å²) in [5.41, 5.74) is 0.192. The maximum atomic E-state index is 11.4. The zero-order valence-corrected chi connectivity index (χ0v) is 10.1. The van der Waals surface area contributed by atoms with Gasteiger partial charge < -0.3 is 5.11 Å². The number of nitro benzene ring substituents is 1. The Morgan fingerprint density at radius 2 is 2.00 bits per heavy atom. The number of nitrogens with zero attached hydrogens (tertiary/aromatic N) is 2. The molecule has 0 bridgehead atoms. The fourth-order valence-corrected chi connectivity index (χ4v) is 2.70. The van der Waals surface area contributed by atoms with Gasteiger partial charge >= 0.3 is 16.4 Å². The monoisotopic (exact) mass is 288 g/mol. The summed E-state index contributed by atoms with van der Waals surface area (Å²) in [6.07, 6.45) is -2.63. The Kier molecular flexibility index (Phi) is 3.12. The first-order chi connectivity index (χ1) is 8.81. The van der Waals surface area contributed by atoms with E-state index in [2.05, 4.69) is 4.18 Å². The fourth-order valence-electron chi connectivity index (χ4n) is 1.62. The second kappa shape index (κ2) is 4.48. The van der Waals surface area contributed by atoms with Crippen LogP contribution in [0.2, 0.25) is 0 Å². The van der Waals surface area contributed by atoms with Crippen LogP contribution in [0.3, 0.4) is 0 Å². The van der Waals surface area contributed by atoms with E-state index < -0.39 is 27.4 Å². The van der Waals surface area contributed by atoms with Crippen molar-refractivity contribution in [3.05, 3.63) is 39.9 Å². The van der Waals surface area contributed by atoms with E-state index in [9.17, 15) is 23.3 Å². The van der Waals surface area contributed by atoms with E-state index >= 15 is 0 Å². The van der Waals surface area contributed by atoms with E-state index in [0.29, 0.717) is 5.56 Å². The van der Waals surface area contributed by atoms with Gasteiger partial charge in [0.15, 0.2) is 0 Å². The van der Waals surface area contributed by atoms with Crippen molar-refractivity contribution in [2.75, 3.05) is 6.54 Å². The highest BCUT2D eigenvalue weighted by Gasteiger charge is 2.41. The van der Waals surface area contributed by atoms with E-state index in [1.54, 1.807) is 0 Å². The Hall–Kier alpha value is -2.20. The van der Waals surface area contributed by atoms with E-state index in [-0.39, 0.29) is 16.5 Å². The molecule has 0 radical (unpaired) electrons. The first-order valence-corrected chi connectivity index (χ1v) is 6.36. The minimum absolute atomic E-state index is 0.153. The average molecular weight is 288 g/mol. The molecule has 2 rings (SSSR count). The summed E-state index contributed by atoms with van der Waals surface area (Å²) in [5, 5.41) is 19.2. The molecular formula is C9H8N2O7S. The summed E-state index contributed by atoms with van der Waals surface area (Å²) in [4.78, 5) is 20.6. The molecule has 1 aromatic rings. The number of amides is 1. The number of benzene rings is 1. The number of hydrogen-bond acceptors (Lipinski definition) is 6. The molecule has 19 heavy (non-hydrogen) atoms. The van der Waals surface area contributed by atoms with Crippen LogP contribution >= 0.6 is 0 Å². The van der Waals surface area contributed by atoms with Crippen molar-refractivity contribution in [3.63, 3.8) is 0 Å². The van der Waals surface area contributed by atoms with Crippen molar-refractivity contribution in [1.82, 2.24) is 4.31 Å². The van der Waals surface area contributed by atoms with Gasteiger partial charge in [-0.2, -0.15) is 12.7 Å². The van der Waals surface area contributed by atoms with Crippen LogP contribution in [0.5, 0.6) is 0 Å². The van der Waals surface area contributed by atoms with Crippen LogP contribution in [0.15, 0.2) is 24.3 Å².